The van der Waals surface area contributed by atoms with Crippen LogP contribution in [0.5, 0.6) is 5.75 Å². The molecule has 7 nitrogen and oxygen atoms in total. The van der Waals surface area contributed by atoms with Gasteiger partial charge in [-0.1, -0.05) is 35.4 Å². The summed E-state index contributed by atoms with van der Waals surface area (Å²) in [6.45, 7) is 1.50. The Balaban J connectivity index is 1.54. The molecule has 2 fully saturated rings. The van der Waals surface area contributed by atoms with Gasteiger partial charge in [-0.25, -0.2) is 5.01 Å². The largest absolute Gasteiger partial charge is 0.497 e. The summed E-state index contributed by atoms with van der Waals surface area (Å²) in [6, 6.07) is 9.53. The number of imide groups is 1. The van der Waals surface area contributed by atoms with Crippen LogP contribution in [0.3, 0.4) is 0 Å². The lowest BCUT2D eigenvalue weighted by Crippen LogP contribution is -2.56. The number of amides is 3. The molecule has 0 radical (unpaired) electrons. The van der Waals surface area contributed by atoms with E-state index in [0.29, 0.717) is 11.3 Å². The van der Waals surface area contributed by atoms with E-state index in [1.807, 2.05) is 12.2 Å². The molecule has 0 aromatic heterocycles. The van der Waals surface area contributed by atoms with E-state index in [1.165, 1.54) is 32.2 Å². The van der Waals surface area contributed by atoms with Crippen LogP contribution < -0.4 is 4.74 Å². The van der Waals surface area contributed by atoms with Gasteiger partial charge >= 0.3 is 0 Å². The highest BCUT2D eigenvalue weighted by molar-refractivity contribution is 6.42. The summed E-state index contributed by atoms with van der Waals surface area (Å²) in [6.07, 6.45) is 4.69. The zero-order valence-electron chi connectivity index (χ0n) is 19.0. The number of allylic oxidation sites excluding steroid dienone is 2. The monoisotopic (exact) mass is 512 g/mol. The van der Waals surface area contributed by atoms with E-state index in [0.717, 1.165) is 16.4 Å². The SMILES string of the molecule is COc1ccc(C(=O)[C@H](C)N(C(=O)c2ccc(Cl)c(Cl)c2)N2C(=O)[C@H]3[C@H](C2=O)[C@H]2C=C[C@H]3C2)cc1. The molecule has 5 rings (SSSR count). The molecule has 35 heavy (non-hydrogen) atoms. The van der Waals surface area contributed by atoms with Crippen LogP contribution in [0, 0.1) is 23.7 Å². The third kappa shape index (κ3) is 3.74. The zero-order chi connectivity index (χ0) is 25.0. The van der Waals surface area contributed by atoms with E-state index in [4.69, 9.17) is 27.9 Å². The number of hydrazine groups is 1. The molecule has 0 N–H and O–H groups in total. The summed E-state index contributed by atoms with van der Waals surface area (Å²) in [4.78, 5) is 54.3. The molecule has 1 saturated heterocycles. The summed E-state index contributed by atoms with van der Waals surface area (Å²) < 4.78 is 5.15. The Morgan fingerprint density at radius 2 is 1.51 bits per heavy atom. The number of hydrogen-bond donors (Lipinski definition) is 0. The Kier molecular flexibility index (Phi) is 5.93. The van der Waals surface area contributed by atoms with E-state index in [2.05, 4.69) is 0 Å². The molecule has 1 saturated carbocycles. The second-order valence-corrected chi connectivity index (χ2v) is 9.85. The summed E-state index contributed by atoms with van der Waals surface area (Å²) in [7, 11) is 1.51. The highest BCUT2D eigenvalue weighted by atomic mass is 35.5. The number of fused-ring (bicyclic) bond motifs is 5. The number of rotatable bonds is 6. The smallest absolute Gasteiger partial charge is 0.273 e. The first-order valence-corrected chi connectivity index (χ1v) is 12.0. The fourth-order valence-electron chi connectivity index (χ4n) is 5.41. The zero-order valence-corrected chi connectivity index (χ0v) is 20.5. The second-order valence-electron chi connectivity index (χ2n) is 9.04. The molecule has 3 amide bonds. The highest BCUT2D eigenvalue weighted by Gasteiger charge is 2.61. The number of carbonyl (C=O) groups is 4. The summed E-state index contributed by atoms with van der Waals surface area (Å²) in [5.41, 5.74) is 0.416. The van der Waals surface area contributed by atoms with Gasteiger partial charge in [-0.3, -0.25) is 19.2 Å². The number of carbonyl (C=O) groups excluding carboxylic acids is 4. The fraction of sp³-hybridized carbons (Fsp3) is 0.308. The van der Waals surface area contributed by atoms with E-state index in [-0.39, 0.29) is 27.4 Å². The molecule has 9 heteroatoms. The van der Waals surface area contributed by atoms with E-state index in [9.17, 15) is 19.2 Å². The van der Waals surface area contributed by atoms with Crippen molar-refractivity contribution >= 4 is 46.7 Å². The molecule has 2 bridgehead atoms. The molecule has 0 unspecified atom stereocenters. The van der Waals surface area contributed by atoms with Crippen LogP contribution in [0.1, 0.15) is 34.1 Å². The van der Waals surface area contributed by atoms with E-state index < -0.39 is 41.4 Å². The molecule has 1 heterocycles. The second kappa shape index (κ2) is 8.81. The number of ketones is 1. The van der Waals surface area contributed by atoms with Gasteiger partial charge in [0, 0.05) is 11.1 Å². The number of methoxy groups -OCH3 is 1. The number of halogens is 2. The van der Waals surface area contributed by atoms with Gasteiger partial charge in [-0.2, -0.15) is 5.01 Å². The number of benzene rings is 2. The summed E-state index contributed by atoms with van der Waals surface area (Å²) >= 11 is 12.1. The van der Waals surface area contributed by atoms with E-state index >= 15 is 0 Å². The third-order valence-electron chi connectivity index (χ3n) is 7.16. The summed E-state index contributed by atoms with van der Waals surface area (Å²) in [5.74, 6) is -2.60. The lowest BCUT2D eigenvalue weighted by molar-refractivity contribution is -0.157. The molecule has 1 aliphatic heterocycles. The van der Waals surface area contributed by atoms with Crippen LogP contribution in [0.15, 0.2) is 54.6 Å². The van der Waals surface area contributed by atoms with Crippen molar-refractivity contribution in [3.63, 3.8) is 0 Å². The predicted octanol–water partition coefficient (Wildman–Crippen LogP) is 4.44. The van der Waals surface area contributed by atoms with Gasteiger partial charge in [-0.15, -0.1) is 0 Å². The number of Topliss-reactive ketones (excluding diaryl/α,β-unsaturated/α-hetero) is 1. The number of hydrogen-bond acceptors (Lipinski definition) is 5. The molecule has 2 aromatic carbocycles. The van der Waals surface area contributed by atoms with Crippen molar-refractivity contribution in [2.75, 3.05) is 7.11 Å². The molecular weight excluding hydrogens is 491 g/mol. The van der Waals surface area contributed by atoms with Gasteiger partial charge in [-0.05, 0) is 67.6 Å². The van der Waals surface area contributed by atoms with Gasteiger partial charge in [0.1, 0.15) is 11.8 Å². The van der Waals surface area contributed by atoms with Crippen LogP contribution in [0.2, 0.25) is 10.0 Å². The molecule has 180 valence electrons. The summed E-state index contributed by atoms with van der Waals surface area (Å²) in [5, 5.41) is 2.26. The first-order valence-electron chi connectivity index (χ1n) is 11.3. The minimum Gasteiger partial charge on any atom is -0.497 e. The van der Waals surface area contributed by atoms with Crippen LogP contribution in [-0.4, -0.2) is 46.7 Å². The fourth-order valence-corrected chi connectivity index (χ4v) is 5.71. The van der Waals surface area contributed by atoms with Gasteiger partial charge < -0.3 is 4.74 Å². The van der Waals surface area contributed by atoms with E-state index in [1.54, 1.807) is 24.3 Å². The third-order valence-corrected chi connectivity index (χ3v) is 7.90. The Morgan fingerprint density at radius 3 is 2.06 bits per heavy atom. The molecule has 3 aliphatic rings. The van der Waals surface area contributed by atoms with Crippen LogP contribution in [0.25, 0.3) is 0 Å². The predicted molar refractivity (Wildman–Crippen MR) is 129 cm³/mol. The lowest BCUT2D eigenvalue weighted by atomic mass is 9.85. The van der Waals surface area contributed by atoms with Crippen molar-refractivity contribution in [2.24, 2.45) is 23.7 Å². The van der Waals surface area contributed by atoms with Crippen molar-refractivity contribution < 1.29 is 23.9 Å². The Morgan fingerprint density at radius 1 is 0.943 bits per heavy atom. The van der Waals surface area contributed by atoms with Crippen molar-refractivity contribution in [2.45, 2.75) is 19.4 Å². The molecule has 0 spiro atoms. The lowest BCUT2D eigenvalue weighted by Gasteiger charge is -2.35. The number of ether oxygens (including phenoxy) is 1. The molecular formula is C26H22Cl2N2O5. The van der Waals surface area contributed by atoms with Crippen LogP contribution in [-0.2, 0) is 9.59 Å². The van der Waals surface area contributed by atoms with Crippen molar-refractivity contribution in [1.82, 2.24) is 10.0 Å². The van der Waals surface area contributed by atoms with Crippen molar-refractivity contribution in [1.29, 1.82) is 0 Å². The Bertz CT molecular complexity index is 1250. The van der Waals surface area contributed by atoms with Crippen LogP contribution in [0.4, 0.5) is 0 Å². The quantitative estimate of drug-likeness (QED) is 0.324. The first-order chi connectivity index (χ1) is 16.7. The maximum atomic E-state index is 13.8. The molecule has 2 aliphatic carbocycles. The van der Waals surface area contributed by atoms with Gasteiger partial charge in [0.05, 0.1) is 29.0 Å². The van der Waals surface area contributed by atoms with Crippen molar-refractivity contribution in [3.05, 3.63) is 75.8 Å². The maximum absolute atomic E-state index is 13.8. The van der Waals surface area contributed by atoms with Gasteiger partial charge in [0.2, 0.25) is 0 Å². The normalized spacial score (nSPS) is 25.1. The topological polar surface area (TPSA) is 84.0 Å². The highest BCUT2D eigenvalue weighted by Crippen LogP contribution is 2.53. The maximum Gasteiger partial charge on any atom is 0.273 e. The first kappa shape index (κ1) is 23.6. The molecule has 2 aromatic rings. The Hall–Kier alpha value is -3.16. The average molecular weight is 513 g/mol. The minimum atomic E-state index is -1.15. The van der Waals surface area contributed by atoms with Crippen molar-refractivity contribution in [3.8, 4) is 5.75 Å². The minimum absolute atomic E-state index is 0.0408. The van der Waals surface area contributed by atoms with Crippen LogP contribution >= 0.6 is 23.2 Å². The molecule has 5 atom stereocenters. The van der Waals surface area contributed by atoms with Gasteiger partial charge in [0.25, 0.3) is 17.7 Å². The van der Waals surface area contributed by atoms with Gasteiger partial charge in [0.15, 0.2) is 5.78 Å². The Labute approximate surface area is 212 Å². The average Bonchev–Trinajstić information content (AvgIpc) is 3.55. The standard InChI is InChI=1S/C26H22Cl2N2O5/c1-13(23(31)14-5-8-18(35-2)9-6-14)29(24(32)17-7-10-19(27)20(28)12-17)30-25(33)21-15-3-4-16(11-15)22(21)26(30)34/h3-10,12-13,15-16,21-22H,11H2,1-2H3/t13-,15-,16-,21+,22+/m0/s1. The number of nitrogens with zero attached hydrogens (tertiary/aromatic N) is 2.